The van der Waals surface area contributed by atoms with Crippen molar-refractivity contribution in [1.82, 2.24) is 9.55 Å². The first-order valence-electron chi connectivity index (χ1n) is 10.0. The summed E-state index contributed by atoms with van der Waals surface area (Å²) in [5.41, 5.74) is 5.38. The molecule has 1 aromatic heterocycles. The summed E-state index contributed by atoms with van der Waals surface area (Å²) >= 11 is 5.80. The summed E-state index contributed by atoms with van der Waals surface area (Å²) in [6, 6.07) is 4.76. The van der Waals surface area contributed by atoms with Gasteiger partial charge in [-0.1, -0.05) is 22.8 Å². The van der Waals surface area contributed by atoms with Crippen molar-refractivity contribution >= 4 is 19.4 Å². The monoisotopic (exact) mass is 533 g/mol. The molecule has 0 unspecified atom stereocenters. The van der Waals surface area contributed by atoms with Gasteiger partial charge >= 0.3 is 13.5 Å². The lowest BCUT2D eigenvalue weighted by Gasteiger charge is -2.32. The second-order valence-electron chi connectivity index (χ2n) is 7.61. The Kier molecular flexibility index (Phi) is 7.16. The predicted octanol–water partition coefficient (Wildman–Crippen LogP) is 1.89. The molecular formula is C18H18ClFN5O9P. The molecular weight excluding hydrogens is 516 g/mol. The number of rotatable bonds is 6. The first-order chi connectivity index (χ1) is 16.6. The molecule has 2 saturated heterocycles. The summed E-state index contributed by atoms with van der Waals surface area (Å²) in [5.74, 6) is -0.653. The maximum atomic E-state index is 13.5. The Balaban J connectivity index is 1.55. The van der Waals surface area contributed by atoms with E-state index in [1.807, 2.05) is 4.98 Å². The number of aromatic nitrogens is 2. The minimum atomic E-state index is -4.34. The Morgan fingerprint density at radius 2 is 2.17 bits per heavy atom. The molecule has 3 N–H and O–H groups in total. The summed E-state index contributed by atoms with van der Waals surface area (Å²) in [5, 5.41) is 24.3. The van der Waals surface area contributed by atoms with E-state index in [2.05, 4.69) is 10.0 Å². The third-order valence-electron chi connectivity index (χ3n) is 5.37. The molecule has 0 aliphatic carbocycles. The zero-order chi connectivity index (χ0) is 25.4. The van der Waals surface area contributed by atoms with Gasteiger partial charge in [-0.2, -0.15) is 0 Å². The van der Waals surface area contributed by atoms with Gasteiger partial charge in [0.2, 0.25) is 5.72 Å². The number of ether oxygens (including phenoxy) is 1. The minimum Gasteiger partial charge on any atom is -0.387 e. The van der Waals surface area contributed by atoms with Gasteiger partial charge in [-0.25, -0.2) is 13.8 Å². The number of phosphoric ester groups is 1. The van der Waals surface area contributed by atoms with Gasteiger partial charge in [-0.3, -0.25) is 27.9 Å². The van der Waals surface area contributed by atoms with E-state index in [1.54, 1.807) is 0 Å². The lowest BCUT2D eigenvalue weighted by molar-refractivity contribution is -0.127. The molecule has 0 amide bonds. The molecule has 35 heavy (non-hydrogen) atoms. The smallest absolute Gasteiger partial charge is 0.387 e. The quantitative estimate of drug-likeness (QED) is 0.215. The van der Waals surface area contributed by atoms with Gasteiger partial charge in [-0.15, -0.1) is 0 Å². The Labute approximate surface area is 200 Å². The fraction of sp³-hybridized carbons (Fsp3) is 0.444. The Hall–Kier alpha value is -2.58. The number of azide groups is 1. The molecule has 0 spiro atoms. The summed E-state index contributed by atoms with van der Waals surface area (Å²) < 4.78 is 48.7. The molecule has 4 rings (SSSR count). The largest absolute Gasteiger partial charge is 0.475 e. The number of aliphatic hydroxyl groups is 2. The first-order valence-corrected chi connectivity index (χ1v) is 11.9. The number of nitrogens with zero attached hydrogens (tertiary/aromatic N) is 4. The van der Waals surface area contributed by atoms with Gasteiger partial charge in [0.05, 0.1) is 24.3 Å². The third-order valence-corrected chi connectivity index (χ3v) is 7.12. The molecule has 2 aliphatic rings. The molecule has 0 radical (unpaired) electrons. The van der Waals surface area contributed by atoms with E-state index in [1.165, 1.54) is 12.1 Å². The topological polar surface area (TPSA) is 198 Å². The highest BCUT2D eigenvalue weighted by atomic mass is 35.5. The lowest BCUT2D eigenvalue weighted by Crippen LogP contribution is -2.45. The molecule has 1 aromatic carbocycles. The van der Waals surface area contributed by atoms with Crippen molar-refractivity contribution in [3.63, 3.8) is 0 Å². The van der Waals surface area contributed by atoms with Crippen LogP contribution in [-0.4, -0.2) is 50.9 Å². The van der Waals surface area contributed by atoms with Crippen LogP contribution in [0.2, 0.25) is 5.02 Å². The molecule has 17 heteroatoms. The van der Waals surface area contributed by atoms with Crippen LogP contribution in [0.4, 0.5) is 4.39 Å². The molecule has 6 atom stereocenters. The fourth-order valence-electron chi connectivity index (χ4n) is 3.62. The van der Waals surface area contributed by atoms with Crippen molar-refractivity contribution in [3.05, 3.63) is 78.1 Å². The van der Waals surface area contributed by atoms with Crippen LogP contribution in [0.15, 0.2) is 45.2 Å². The summed E-state index contributed by atoms with van der Waals surface area (Å²) in [7, 11) is -4.34. The van der Waals surface area contributed by atoms with Crippen molar-refractivity contribution in [3.8, 4) is 0 Å². The number of phosphoric acid groups is 1. The van der Waals surface area contributed by atoms with Crippen LogP contribution < -0.4 is 11.2 Å². The van der Waals surface area contributed by atoms with Crippen LogP contribution in [0.3, 0.4) is 0 Å². The Morgan fingerprint density at radius 3 is 2.86 bits per heavy atom. The zero-order valence-electron chi connectivity index (χ0n) is 17.6. The third kappa shape index (κ3) is 5.05. The van der Waals surface area contributed by atoms with Crippen molar-refractivity contribution < 1.29 is 37.5 Å². The number of hydrogen-bond donors (Lipinski definition) is 3. The highest BCUT2D eigenvalue weighted by Crippen LogP contribution is 2.58. The fourth-order valence-corrected chi connectivity index (χ4v) is 5.21. The van der Waals surface area contributed by atoms with Crippen molar-refractivity contribution in [2.45, 2.75) is 36.7 Å². The van der Waals surface area contributed by atoms with Crippen molar-refractivity contribution in [2.75, 3.05) is 13.2 Å². The van der Waals surface area contributed by atoms with E-state index in [0.717, 1.165) is 22.9 Å². The normalized spacial score (nSPS) is 32.8. The van der Waals surface area contributed by atoms with E-state index >= 15 is 0 Å². The second-order valence-corrected chi connectivity index (χ2v) is 9.63. The van der Waals surface area contributed by atoms with Gasteiger partial charge in [-0.05, 0) is 23.2 Å². The molecule has 2 aliphatic heterocycles. The SMILES string of the molecule is [N-]=[N+]=N[C@]1(CO[P@]2(=O)OCC[C@H](c3ccc(F)c(Cl)c3)O2)O[C@@H](n2ccc(=O)[nH]c2=O)[C@H](O)[C@@H]1O. The maximum absolute atomic E-state index is 13.5. The second kappa shape index (κ2) is 9.82. The maximum Gasteiger partial charge on any atom is 0.475 e. The van der Waals surface area contributed by atoms with Gasteiger partial charge in [0.1, 0.15) is 18.0 Å². The summed E-state index contributed by atoms with van der Waals surface area (Å²) in [4.78, 5) is 28.0. The molecule has 188 valence electrons. The molecule has 3 heterocycles. The van der Waals surface area contributed by atoms with Crippen LogP contribution in [0.5, 0.6) is 0 Å². The first kappa shape index (κ1) is 25.5. The van der Waals surface area contributed by atoms with E-state index in [4.69, 9.17) is 35.4 Å². The molecule has 0 bridgehead atoms. The lowest BCUT2D eigenvalue weighted by atomic mass is 10.1. The van der Waals surface area contributed by atoms with Gasteiger partial charge < -0.3 is 14.9 Å². The average Bonchev–Trinajstić information content (AvgIpc) is 3.05. The van der Waals surface area contributed by atoms with Gasteiger partial charge in [0.15, 0.2) is 6.23 Å². The van der Waals surface area contributed by atoms with Crippen molar-refractivity contribution in [1.29, 1.82) is 0 Å². The van der Waals surface area contributed by atoms with Crippen molar-refractivity contribution in [2.24, 2.45) is 5.11 Å². The number of H-pyrrole nitrogens is 1. The van der Waals surface area contributed by atoms with Crippen LogP contribution in [0, 0.1) is 5.82 Å². The number of hydrogen-bond acceptors (Lipinski definition) is 10. The molecule has 2 fully saturated rings. The average molecular weight is 534 g/mol. The summed E-state index contributed by atoms with van der Waals surface area (Å²) in [6.07, 6.45) is -5.00. The van der Waals surface area contributed by atoms with Crippen LogP contribution in [0.25, 0.3) is 10.4 Å². The van der Waals surface area contributed by atoms with Gasteiger partial charge in [0, 0.05) is 23.6 Å². The van der Waals surface area contributed by atoms with Crippen LogP contribution in [0.1, 0.15) is 24.3 Å². The Morgan fingerprint density at radius 1 is 1.40 bits per heavy atom. The summed E-state index contributed by atoms with van der Waals surface area (Å²) in [6.45, 7) is -1.01. The highest BCUT2D eigenvalue weighted by molar-refractivity contribution is 7.48. The number of halogens is 2. The number of nitrogens with one attached hydrogen (secondary N) is 1. The van der Waals surface area contributed by atoms with E-state index in [0.29, 0.717) is 5.56 Å². The number of benzene rings is 1. The molecule has 14 nitrogen and oxygen atoms in total. The van der Waals surface area contributed by atoms with Crippen LogP contribution >= 0.6 is 19.4 Å². The van der Waals surface area contributed by atoms with Gasteiger partial charge in [0.25, 0.3) is 5.56 Å². The Bertz CT molecular complexity index is 1330. The molecule has 2 aromatic rings. The van der Waals surface area contributed by atoms with E-state index in [9.17, 15) is 28.8 Å². The standard InChI is InChI=1S/C18H18ClFN5O9P/c19-10-7-9(1-2-11(10)20)12-4-6-31-35(30,34-12)32-8-18(23-24-21)15(28)14(27)16(33-18)25-5-3-13(26)22-17(25)29/h1-3,5,7,12,14-16,27-28H,4,6,8H2,(H,22,26,29)/t12-,14-,15+,16-,18-,35+/m1/s1. The number of aromatic amines is 1. The van der Waals surface area contributed by atoms with Crippen LogP contribution in [-0.2, 0) is 22.9 Å². The molecule has 0 saturated carbocycles. The number of aliphatic hydroxyl groups excluding tert-OH is 2. The highest BCUT2D eigenvalue weighted by Gasteiger charge is 2.56. The van der Waals surface area contributed by atoms with E-state index in [-0.39, 0.29) is 18.1 Å². The minimum absolute atomic E-state index is 0.0904. The zero-order valence-corrected chi connectivity index (χ0v) is 19.2. The van der Waals surface area contributed by atoms with E-state index < -0.39 is 61.8 Å². The predicted molar refractivity (Wildman–Crippen MR) is 115 cm³/mol.